The van der Waals surface area contributed by atoms with E-state index in [0.29, 0.717) is 5.41 Å². The summed E-state index contributed by atoms with van der Waals surface area (Å²) in [4.78, 5) is 11.5. The fourth-order valence-electron chi connectivity index (χ4n) is 7.03. The molecule has 4 saturated carbocycles. The predicted molar refractivity (Wildman–Crippen MR) is 122 cm³/mol. The van der Waals surface area contributed by atoms with Crippen molar-refractivity contribution in [1.29, 1.82) is 0 Å². The Kier molecular flexibility index (Phi) is 5.26. The Morgan fingerprint density at radius 1 is 1.00 bits per heavy atom. The molecule has 4 fully saturated rings. The molecule has 2 aromatic rings. The van der Waals surface area contributed by atoms with Crippen molar-refractivity contribution in [3.05, 3.63) is 71.3 Å². The molecule has 30 heavy (non-hydrogen) atoms. The number of aryl methyl sites for hydroxylation is 1. The Bertz CT molecular complexity index is 905. The molecule has 0 heterocycles. The molecule has 0 spiro atoms. The highest BCUT2D eigenvalue weighted by Gasteiger charge is 2.52. The standard InChI is InChI=1S/C28H32O2/c1-30-27-15-20(6-5-9-25(19-29)24-7-3-2-4-8-24)10-11-26(27)28-16-21-12-22(17-28)14-23(13-21)18-28/h2-4,7-11,15,19,21-23H,5-6,12-14,16-18H2,1H3/b25-9+. The summed E-state index contributed by atoms with van der Waals surface area (Å²) in [5.41, 5.74) is 4.86. The van der Waals surface area contributed by atoms with Gasteiger partial charge in [-0.1, -0.05) is 48.5 Å². The van der Waals surface area contributed by atoms with E-state index in [1.54, 1.807) is 0 Å². The fraction of sp³-hybridized carbons (Fsp3) is 0.464. The van der Waals surface area contributed by atoms with E-state index in [1.165, 1.54) is 49.7 Å². The van der Waals surface area contributed by atoms with Crippen molar-refractivity contribution in [2.45, 2.75) is 56.8 Å². The SMILES string of the molecule is COc1cc(CC/C=C(\C=O)c2ccccc2)ccc1C12CC3CC(CC(C3)C1)C2. The molecule has 2 nitrogen and oxygen atoms in total. The van der Waals surface area contributed by atoms with E-state index >= 15 is 0 Å². The van der Waals surface area contributed by atoms with Gasteiger partial charge in [0.05, 0.1) is 7.11 Å². The van der Waals surface area contributed by atoms with Gasteiger partial charge in [0.2, 0.25) is 0 Å². The largest absolute Gasteiger partial charge is 0.496 e. The zero-order chi connectivity index (χ0) is 20.6. The van der Waals surface area contributed by atoms with Crippen molar-refractivity contribution in [1.82, 2.24) is 0 Å². The highest BCUT2D eigenvalue weighted by atomic mass is 16.5. The molecular formula is C28H32O2. The van der Waals surface area contributed by atoms with Crippen molar-refractivity contribution in [2.24, 2.45) is 17.8 Å². The molecule has 2 aromatic carbocycles. The molecule has 0 N–H and O–H groups in total. The van der Waals surface area contributed by atoms with Gasteiger partial charge in [0.1, 0.15) is 12.0 Å². The van der Waals surface area contributed by atoms with Crippen molar-refractivity contribution >= 4 is 11.9 Å². The lowest BCUT2D eigenvalue weighted by molar-refractivity contribution is -0.103. The van der Waals surface area contributed by atoms with Crippen LogP contribution < -0.4 is 4.74 Å². The summed E-state index contributed by atoms with van der Waals surface area (Å²) in [6.45, 7) is 0. The number of benzene rings is 2. The lowest BCUT2D eigenvalue weighted by Gasteiger charge is -2.57. The highest BCUT2D eigenvalue weighted by Crippen LogP contribution is 2.61. The molecule has 0 saturated heterocycles. The van der Waals surface area contributed by atoms with Crippen LogP contribution in [0.2, 0.25) is 0 Å². The van der Waals surface area contributed by atoms with Crippen LogP contribution >= 0.6 is 0 Å². The molecule has 2 heteroatoms. The lowest BCUT2D eigenvalue weighted by atomic mass is 9.48. The van der Waals surface area contributed by atoms with Crippen molar-refractivity contribution in [3.63, 3.8) is 0 Å². The number of rotatable bonds is 7. The number of ether oxygens (including phenoxy) is 1. The zero-order valence-corrected chi connectivity index (χ0v) is 18.0. The molecule has 4 aliphatic carbocycles. The van der Waals surface area contributed by atoms with Crippen LogP contribution in [0.5, 0.6) is 5.75 Å². The van der Waals surface area contributed by atoms with E-state index in [4.69, 9.17) is 4.74 Å². The van der Waals surface area contributed by atoms with Crippen LogP contribution in [-0.2, 0) is 16.6 Å². The number of hydrogen-bond donors (Lipinski definition) is 0. The first kappa shape index (κ1) is 19.6. The van der Waals surface area contributed by atoms with E-state index in [9.17, 15) is 4.79 Å². The van der Waals surface area contributed by atoms with Crippen LogP contribution in [0.25, 0.3) is 5.57 Å². The second-order valence-corrected chi connectivity index (χ2v) is 9.91. The topological polar surface area (TPSA) is 26.3 Å². The first-order valence-electron chi connectivity index (χ1n) is 11.6. The van der Waals surface area contributed by atoms with Crippen molar-refractivity contribution in [3.8, 4) is 5.75 Å². The minimum atomic E-state index is 0.358. The quantitative estimate of drug-likeness (QED) is 0.398. The van der Waals surface area contributed by atoms with E-state index in [0.717, 1.165) is 53.8 Å². The average Bonchev–Trinajstić information content (AvgIpc) is 2.76. The van der Waals surface area contributed by atoms with Crippen molar-refractivity contribution < 1.29 is 9.53 Å². The van der Waals surface area contributed by atoms with E-state index in [1.807, 2.05) is 37.4 Å². The van der Waals surface area contributed by atoms with Gasteiger partial charge in [0.25, 0.3) is 0 Å². The van der Waals surface area contributed by atoms with E-state index in [2.05, 4.69) is 24.3 Å². The molecular weight excluding hydrogens is 368 g/mol. The number of methoxy groups -OCH3 is 1. The summed E-state index contributed by atoms with van der Waals surface area (Å²) in [7, 11) is 1.82. The number of carbonyl (C=O) groups excluding carboxylic acids is 1. The molecule has 0 atom stereocenters. The smallest absolute Gasteiger partial charge is 0.150 e. The minimum Gasteiger partial charge on any atom is -0.496 e. The summed E-state index contributed by atoms with van der Waals surface area (Å²) in [6, 6.07) is 16.8. The zero-order valence-electron chi connectivity index (χ0n) is 18.0. The Hall–Kier alpha value is -2.35. The number of carbonyl (C=O) groups is 1. The predicted octanol–water partition coefficient (Wildman–Crippen LogP) is 6.38. The molecule has 156 valence electrons. The first-order valence-corrected chi connectivity index (χ1v) is 11.6. The number of aldehydes is 1. The summed E-state index contributed by atoms with van der Waals surface area (Å²) < 4.78 is 5.92. The maximum atomic E-state index is 11.5. The molecule has 0 amide bonds. The summed E-state index contributed by atoms with van der Waals surface area (Å²) in [5, 5.41) is 0. The van der Waals surface area contributed by atoms with Crippen LogP contribution in [0.1, 0.15) is 61.6 Å². The average molecular weight is 401 g/mol. The minimum absolute atomic E-state index is 0.358. The number of allylic oxidation sites excluding steroid dienone is 2. The van der Waals surface area contributed by atoms with Crippen LogP contribution in [0, 0.1) is 17.8 Å². The molecule has 4 bridgehead atoms. The van der Waals surface area contributed by atoms with Crippen LogP contribution in [0.3, 0.4) is 0 Å². The third-order valence-corrected chi connectivity index (χ3v) is 7.91. The molecule has 0 aromatic heterocycles. The van der Waals surface area contributed by atoms with Crippen molar-refractivity contribution in [2.75, 3.05) is 7.11 Å². The highest BCUT2D eigenvalue weighted by molar-refractivity contribution is 6.06. The van der Waals surface area contributed by atoms with Gasteiger partial charge in [0, 0.05) is 11.1 Å². The van der Waals surface area contributed by atoms with Gasteiger partial charge in [-0.3, -0.25) is 4.79 Å². The maximum Gasteiger partial charge on any atom is 0.150 e. The Morgan fingerprint density at radius 3 is 2.27 bits per heavy atom. The molecule has 0 radical (unpaired) electrons. The summed E-state index contributed by atoms with van der Waals surface area (Å²) in [6.07, 6.45) is 13.3. The van der Waals surface area contributed by atoms with Crippen LogP contribution in [-0.4, -0.2) is 13.4 Å². The maximum absolute atomic E-state index is 11.5. The van der Waals surface area contributed by atoms with Crippen LogP contribution in [0.15, 0.2) is 54.6 Å². The van der Waals surface area contributed by atoms with E-state index in [-0.39, 0.29) is 0 Å². The monoisotopic (exact) mass is 400 g/mol. The van der Waals surface area contributed by atoms with Gasteiger partial charge in [-0.05, 0) is 91.7 Å². The Labute approximate surface area is 180 Å². The Morgan fingerprint density at radius 2 is 1.67 bits per heavy atom. The second kappa shape index (κ2) is 8.06. The normalized spacial score (nSPS) is 29.8. The molecule has 6 rings (SSSR count). The van der Waals surface area contributed by atoms with Gasteiger partial charge in [-0.2, -0.15) is 0 Å². The molecule has 0 unspecified atom stereocenters. The summed E-state index contributed by atoms with van der Waals surface area (Å²) >= 11 is 0. The van der Waals surface area contributed by atoms with Gasteiger partial charge in [-0.15, -0.1) is 0 Å². The second-order valence-electron chi connectivity index (χ2n) is 9.91. The van der Waals surface area contributed by atoms with Crippen LogP contribution in [0.4, 0.5) is 0 Å². The molecule has 0 aliphatic heterocycles. The number of hydrogen-bond acceptors (Lipinski definition) is 2. The third kappa shape index (κ3) is 3.62. The van der Waals surface area contributed by atoms with Gasteiger partial charge < -0.3 is 4.74 Å². The summed E-state index contributed by atoms with van der Waals surface area (Å²) in [5.74, 6) is 3.89. The van der Waals surface area contributed by atoms with Gasteiger partial charge in [-0.25, -0.2) is 0 Å². The third-order valence-electron chi connectivity index (χ3n) is 7.91. The Balaban J connectivity index is 1.34. The molecule has 4 aliphatic rings. The van der Waals surface area contributed by atoms with Gasteiger partial charge >= 0.3 is 0 Å². The van der Waals surface area contributed by atoms with E-state index < -0.39 is 0 Å². The first-order chi connectivity index (χ1) is 14.7. The van der Waals surface area contributed by atoms with Gasteiger partial charge in [0.15, 0.2) is 0 Å². The lowest BCUT2D eigenvalue weighted by Crippen LogP contribution is -2.48. The fourth-order valence-corrected chi connectivity index (χ4v) is 7.03.